The van der Waals surface area contributed by atoms with E-state index in [1.807, 2.05) is 27.0 Å². The summed E-state index contributed by atoms with van der Waals surface area (Å²) in [6.07, 6.45) is 6.28. The molecule has 4 unspecified atom stereocenters. The number of hydrogen-bond acceptors (Lipinski definition) is 5. The van der Waals surface area contributed by atoms with Gasteiger partial charge in [0.2, 0.25) is 0 Å². The predicted molar refractivity (Wildman–Crippen MR) is 110 cm³/mol. The first kappa shape index (κ1) is 21.7. The standard InChI is InChI=1S/C24H34O5/c1-7-15(4)23(26)29-22-19(28-21(25)10-14(2)3)9-8-17-11-20-18(12-24(17,22)6)16(5)13-27-20/h7,13-14,17,19,22H,8-12H2,1-6H3. The molecule has 2 aliphatic carbocycles. The molecule has 0 amide bonds. The Labute approximate surface area is 173 Å². The van der Waals surface area contributed by atoms with Gasteiger partial charge >= 0.3 is 11.9 Å². The lowest BCUT2D eigenvalue weighted by Gasteiger charge is -2.51. The fourth-order valence-corrected chi connectivity index (χ4v) is 4.83. The summed E-state index contributed by atoms with van der Waals surface area (Å²) < 4.78 is 17.7. The highest BCUT2D eigenvalue weighted by Gasteiger charge is 2.54. The monoisotopic (exact) mass is 402 g/mol. The van der Waals surface area contributed by atoms with Crippen LogP contribution in [0.4, 0.5) is 0 Å². The van der Waals surface area contributed by atoms with Gasteiger partial charge in [-0.15, -0.1) is 0 Å². The maximum absolute atomic E-state index is 12.7. The van der Waals surface area contributed by atoms with E-state index >= 15 is 0 Å². The summed E-state index contributed by atoms with van der Waals surface area (Å²) in [5, 5.41) is 0. The fraction of sp³-hybridized carbons (Fsp3) is 0.667. The van der Waals surface area contributed by atoms with E-state index in [1.54, 1.807) is 13.0 Å². The Morgan fingerprint density at radius 1 is 1.31 bits per heavy atom. The van der Waals surface area contributed by atoms with Gasteiger partial charge in [-0.1, -0.05) is 26.8 Å². The van der Waals surface area contributed by atoms with Crippen molar-refractivity contribution in [3.05, 3.63) is 34.8 Å². The van der Waals surface area contributed by atoms with Gasteiger partial charge in [-0.25, -0.2) is 4.79 Å². The van der Waals surface area contributed by atoms with Gasteiger partial charge in [0, 0.05) is 23.8 Å². The summed E-state index contributed by atoms with van der Waals surface area (Å²) in [5.41, 5.74) is 2.61. The van der Waals surface area contributed by atoms with Gasteiger partial charge in [0.05, 0.1) is 6.26 Å². The minimum absolute atomic E-state index is 0.216. The van der Waals surface area contributed by atoms with Crippen molar-refractivity contribution in [1.29, 1.82) is 0 Å². The smallest absolute Gasteiger partial charge is 0.333 e. The van der Waals surface area contributed by atoms with Crippen molar-refractivity contribution in [2.24, 2.45) is 17.3 Å². The number of allylic oxidation sites excluding steroid dienone is 1. The number of aryl methyl sites for hydroxylation is 1. The molecule has 2 aliphatic rings. The van der Waals surface area contributed by atoms with Gasteiger partial charge in [0.25, 0.3) is 0 Å². The molecule has 1 saturated carbocycles. The summed E-state index contributed by atoms with van der Waals surface area (Å²) in [6, 6.07) is 0. The largest absolute Gasteiger partial charge is 0.469 e. The maximum Gasteiger partial charge on any atom is 0.333 e. The van der Waals surface area contributed by atoms with Crippen LogP contribution in [0.3, 0.4) is 0 Å². The minimum Gasteiger partial charge on any atom is -0.469 e. The van der Waals surface area contributed by atoms with E-state index in [4.69, 9.17) is 13.9 Å². The van der Waals surface area contributed by atoms with Gasteiger partial charge < -0.3 is 13.9 Å². The molecule has 0 radical (unpaired) electrons. The molecule has 1 fully saturated rings. The fourth-order valence-electron chi connectivity index (χ4n) is 4.83. The number of carbonyl (C=O) groups is 2. The van der Waals surface area contributed by atoms with E-state index in [-0.39, 0.29) is 23.3 Å². The van der Waals surface area contributed by atoms with Gasteiger partial charge in [-0.2, -0.15) is 0 Å². The summed E-state index contributed by atoms with van der Waals surface area (Å²) in [5.74, 6) is 1.05. The zero-order valence-corrected chi connectivity index (χ0v) is 18.5. The highest BCUT2D eigenvalue weighted by atomic mass is 16.6. The van der Waals surface area contributed by atoms with Crippen LogP contribution in [0.15, 0.2) is 22.3 Å². The van der Waals surface area contributed by atoms with Crippen molar-refractivity contribution in [3.63, 3.8) is 0 Å². The molecule has 1 aromatic heterocycles. The third-order valence-corrected chi connectivity index (χ3v) is 6.75. The summed E-state index contributed by atoms with van der Waals surface area (Å²) in [7, 11) is 0. The molecule has 0 aliphatic heterocycles. The van der Waals surface area contributed by atoms with Gasteiger partial charge in [0.15, 0.2) is 0 Å². The number of fused-ring (bicyclic) bond motifs is 2. The number of rotatable bonds is 5. The molecule has 0 bridgehead atoms. The Morgan fingerprint density at radius 2 is 2.03 bits per heavy atom. The molecule has 5 nitrogen and oxygen atoms in total. The molecular weight excluding hydrogens is 368 g/mol. The normalized spacial score (nSPS) is 29.2. The summed E-state index contributed by atoms with van der Waals surface area (Å²) in [6.45, 7) is 11.8. The maximum atomic E-state index is 12.7. The second-order valence-corrected chi connectivity index (χ2v) is 9.41. The predicted octanol–water partition coefficient (Wildman–Crippen LogP) is 4.94. The van der Waals surface area contributed by atoms with E-state index in [0.717, 1.165) is 30.6 Å². The van der Waals surface area contributed by atoms with Crippen LogP contribution in [0.2, 0.25) is 0 Å². The lowest BCUT2D eigenvalue weighted by Crippen LogP contribution is -2.56. The number of hydrogen-bond donors (Lipinski definition) is 0. The first-order valence-electron chi connectivity index (χ1n) is 10.7. The summed E-state index contributed by atoms with van der Waals surface area (Å²) in [4.78, 5) is 25.1. The molecule has 29 heavy (non-hydrogen) atoms. The first-order valence-corrected chi connectivity index (χ1v) is 10.7. The van der Waals surface area contributed by atoms with Crippen molar-refractivity contribution >= 4 is 11.9 Å². The van der Waals surface area contributed by atoms with Crippen molar-refractivity contribution in [1.82, 2.24) is 0 Å². The third-order valence-electron chi connectivity index (χ3n) is 6.75. The van der Waals surface area contributed by atoms with Crippen LogP contribution in [-0.4, -0.2) is 24.1 Å². The van der Waals surface area contributed by atoms with Crippen molar-refractivity contribution in [2.45, 2.75) is 85.9 Å². The number of furan rings is 1. The highest BCUT2D eigenvalue weighted by molar-refractivity contribution is 5.87. The first-order chi connectivity index (χ1) is 13.7. The van der Waals surface area contributed by atoms with E-state index in [2.05, 4.69) is 13.8 Å². The Balaban J connectivity index is 1.92. The van der Waals surface area contributed by atoms with Crippen molar-refractivity contribution in [2.75, 3.05) is 0 Å². The zero-order valence-electron chi connectivity index (χ0n) is 18.5. The van der Waals surface area contributed by atoms with E-state index < -0.39 is 12.2 Å². The van der Waals surface area contributed by atoms with Crippen molar-refractivity contribution in [3.8, 4) is 0 Å². The average Bonchev–Trinajstić information content (AvgIpc) is 3.00. The molecule has 1 aromatic rings. The number of carbonyl (C=O) groups excluding carboxylic acids is 2. The molecule has 1 heterocycles. The van der Waals surface area contributed by atoms with E-state index in [0.29, 0.717) is 24.3 Å². The topological polar surface area (TPSA) is 65.7 Å². The molecule has 0 N–H and O–H groups in total. The molecule has 0 spiro atoms. The molecule has 5 heteroatoms. The van der Waals surface area contributed by atoms with Gasteiger partial charge in [0.1, 0.15) is 18.0 Å². The second-order valence-electron chi connectivity index (χ2n) is 9.41. The van der Waals surface area contributed by atoms with Crippen LogP contribution in [0, 0.1) is 24.2 Å². The quantitative estimate of drug-likeness (QED) is 0.516. The molecule has 160 valence electrons. The van der Waals surface area contributed by atoms with E-state index in [1.165, 1.54) is 5.56 Å². The van der Waals surface area contributed by atoms with Crippen LogP contribution in [0.25, 0.3) is 0 Å². The molecule has 0 saturated heterocycles. The third kappa shape index (κ3) is 4.29. The van der Waals surface area contributed by atoms with Gasteiger partial charge in [-0.05, 0) is 63.0 Å². The van der Waals surface area contributed by atoms with Crippen LogP contribution >= 0.6 is 0 Å². The van der Waals surface area contributed by atoms with Crippen LogP contribution < -0.4 is 0 Å². The number of esters is 2. The number of ether oxygens (including phenoxy) is 2. The molecule has 3 rings (SSSR count). The highest BCUT2D eigenvalue weighted by Crippen LogP contribution is 2.51. The second kappa shape index (κ2) is 8.37. The molecule has 4 atom stereocenters. The zero-order chi connectivity index (χ0) is 21.3. The Bertz CT molecular complexity index is 802. The summed E-state index contributed by atoms with van der Waals surface area (Å²) >= 11 is 0. The van der Waals surface area contributed by atoms with Gasteiger partial charge in [-0.3, -0.25) is 4.79 Å². The Kier molecular flexibility index (Phi) is 6.25. The average molecular weight is 403 g/mol. The molecular formula is C24H34O5. The minimum atomic E-state index is -0.470. The Hall–Kier alpha value is -2.04. The van der Waals surface area contributed by atoms with E-state index in [9.17, 15) is 9.59 Å². The lowest BCUT2D eigenvalue weighted by atomic mass is 9.58. The molecule has 0 aromatic carbocycles. The van der Waals surface area contributed by atoms with Crippen LogP contribution in [-0.2, 0) is 31.9 Å². The lowest BCUT2D eigenvalue weighted by molar-refractivity contribution is -0.192. The van der Waals surface area contributed by atoms with Crippen molar-refractivity contribution < 1.29 is 23.5 Å². The van der Waals surface area contributed by atoms with Crippen LogP contribution in [0.1, 0.15) is 70.8 Å². The SMILES string of the molecule is CC=C(C)C(=O)OC1C(OC(=O)CC(C)C)CCC2Cc3occ(C)c3CC21C. The Morgan fingerprint density at radius 3 is 2.69 bits per heavy atom. The van der Waals surface area contributed by atoms with Crippen LogP contribution in [0.5, 0.6) is 0 Å².